The molecule has 3 N–H and O–H groups in total. The van der Waals surface area contributed by atoms with Crippen molar-refractivity contribution in [3.8, 4) is 16.5 Å². The van der Waals surface area contributed by atoms with Gasteiger partial charge in [-0.25, -0.2) is 4.98 Å². The fourth-order valence-electron chi connectivity index (χ4n) is 2.43. The van der Waals surface area contributed by atoms with Crippen molar-refractivity contribution in [3.63, 3.8) is 0 Å². The lowest BCUT2D eigenvalue weighted by atomic mass is 10.2. The highest BCUT2D eigenvalue weighted by Gasteiger charge is 2.06. The van der Waals surface area contributed by atoms with E-state index in [0.29, 0.717) is 5.69 Å². The van der Waals surface area contributed by atoms with Crippen molar-refractivity contribution in [2.45, 2.75) is 0 Å². The number of aromatic hydroxyl groups is 1. The Morgan fingerprint density at radius 3 is 2.62 bits per heavy atom. The molecule has 26 heavy (non-hydrogen) atoms. The Balaban J connectivity index is 1.62. The first kappa shape index (κ1) is 16.4. The van der Waals surface area contributed by atoms with Crippen molar-refractivity contribution in [2.75, 3.05) is 0 Å². The molecular formula is C18H12N4O2S2. The van der Waals surface area contributed by atoms with Crippen molar-refractivity contribution in [1.29, 1.82) is 0 Å². The number of nitrogens with zero attached hydrogens (tertiary/aromatic N) is 2. The van der Waals surface area contributed by atoms with Gasteiger partial charge in [0.15, 0.2) is 4.77 Å². The smallest absolute Gasteiger partial charge is 0.264 e. The molecule has 0 unspecified atom stereocenters. The van der Waals surface area contributed by atoms with Crippen LogP contribution < -0.4 is 5.56 Å². The second kappa shape index (κ2) is 6.66. The number of rotatable bonds is 3. The maximum atomic E-state index is 11.8. The number of para-hydroxylation sites is 1. The number of hydrogen-bond donors (Lipinski definition) is 3. The summed E-state index contributed by atoms with van der Waals surface area (Å²) in [4.78, 5) is 25.5. The molecule has 0 fully saturated rings. The van der Waals surface area contributed by atoms with Crippen LogP contribution in [0, 0.1) is 4.77 Å². The number of aliphatic imine (C=N–C) groups is 1. The molecule has 0 amide bonds. The van der Waals surface area contributed by atoms with E-state index in [9.17, 15) is 9.90 Å². The Morgan fingerprint density at radius 2 is 1.88 bits per heavy atom. The molecule has 0 aliphatic heterocycles. The number of benzene rings is 2. The first-order valence-corrected chi connectivity index (χ1v) is 8.88. The van der Waals surface area contributed by atoms with Gasteiger partial charge in [0, 0.05) is 11.8 Å². The molecule has 2 aromatic heterocycles. The van der Waals surface area contributed by atoms with Crippen LogP contribution in [-0.2, 0) is 0 Å². The highest BCUT2D eigenvalue weighted by atomic mass is 32.1. The van der Waals surface area contributed by atoms with Crippen molar-refractivity contribution in [2.24, 2.45) is 4.99 Å². The van der Waals surface area contributed by atoms with Crippen LogP contribution in [0.1, 0.15) is 5.56 Å². The molecule has 0 spiro atoms. The van der Waals surface area contributed by atoms with E-state index in [-0.39, 0.29) is 16.2 Å². The number of aromatic nitrogens is 3. The number of aromatic amines is 2. The zero-order valence-electron chi connectivity index (χ0n) is 13.3. The summed E-state index contributed by atoms with van der Waals surface area (Å²) >= 11 is 6.42. The monoisotopic (exact) mass is 380 g/mol. The van der Waals surface area contributed by atoms with E-state index in [1.165, 1.54) is 6.21 Å². The molecule has 0 radical (unpaired) electrons. The SMILES string of the molecule is O=c1[nH]c(=S)[nH]c(O)c1C=Nc1ccc(-c2nc3ccccc3s2)cc1. The van der Waals surface area contributed by atoms with Crippen LogP contribution in [0.3, 0.4) is 0 Å². The van der Waals surface area contributed by atoms with Gasteiger partial charge >= 0.3 is 0 Å². The highest BCUT2D eigenvalue weighted by Crippen LogP contribution is 2.30. The molecule has 2 heterocycles. The lowest BCUT2D eigenvalue weighted by Crippen LogP contribution is -2.13. The fourth-order valence-corrected chi connectivity index (χ4v) is 3.59. The third kappa shape index (κ3) is 3.19. The van der Waals surface area contributed by atoms with E-state index in [2.05, 4.69) is 19.9 Å². The predicted molar refractivity (Wildman–Crippen MR) is 106 cm³/mol. The Kier molecular flexibility index (Phi) is 4.19. The molecule has 8 heteroatoms. The molecule has 0 atom stereocenters. The number of nitrogens with one attached hydrogen (secondary N) is 2. The van der Waals surface area contributed by atoms with E-state index >= 15 is 0 Å². The van der Waals surface area contributed by atoms with E-state index in [4.69, 9.17) is 12.2 Å². The van der Waals surface area contributed by atoms with Crippen molar-refractivity contribution < 1.29 is 5.11 Å². The van der Waals surface area contributed by atoms with Crippen molar-refractivity contribution >= 4 is 45.7 Å². The van der Waals surface area contributed by atoms with Gasteiger partial charge in [0.2, 0.25) is 5.88 Å². The van der Waals surface area contributed by atoms with Gasteiger partial charge in [-0.1, -0.05) is 12.1 Å². The summed E-state index contributed by atoms with van der Waals surface area (Å²) in [6, 6.07) is 15.5. The number of fused-ring (bicyclic) bond motifs is 1. The average Bonchev–Trinajstić information content (AvgIpc) is 3.05. The summed E-state index contributed by atoms with van der Waals surface area (Å²) in [5.74, 6) is -0.311. The van der Waals surface area contributed by atoms with Crippen LogP contribution in [0.4, 0.5) is 5.69 Å². The van der Waals surface area contributed by atoms with Gasteiger partial charge in [0.1, 0.15) is 10.6 Å². The maximum absolute atomic E-state index is 11.8. The number of hydrogen-bond acceptors (Lipinski definition) is 6. The van der Waals surface area contributed by atoms with Gasteiger partial charge < -0.3 is 10.1 Å². The van der Waals surface area contributed by atoms with Crippen LogP contribution in [0.25, 0.3) is 20.8 Å². The summed E-state index contributed by atoms with van der Waals surface area (Å²) < 4.78 is 1.20. The van der Waals surface area contributed by atoms with Gasteiger partial charge in [-0.2, -0.15) is 0 Å². The summed E-state index contributed by atoms with van der Waals surface area (Å²) in [5.41, 5.74) is 2.14. The van der Waals surface area contributed by atoms with Gasteiger partial charge in [0.25, 0.3) is 5.56 Å². The summed E-state index contributed by atoms with van der Waals surface area (Å²) in [5, 5.41) is 10.7. The molecule has 0 aliphatic rings. The normalized spacial score (nSPS) is 11.4. The largest absolute Gasteiger partial charge is 0.494 e. The zero-order chi connectivity index (χ0) is 18.1. The van der Waals surface area contributed by atoms with E-state index in [1.54, 1.807) is 11.3 Å². The minimum atomic E-state index is -0.499. The Bertz CT molecular complexity index is 1200. The predicted octanol–water partition coefficient (Wildman–Crippen LogP) is 4.17. The highest BCUT2D eigenvalue weighted by molar-refractivity contribution is 7.71. The molecule has 6 nitrogen and oxygen atoms in total. The van der Waals surface area contributed by atoms with Gasteiger partial charge in [-0.15, -0.1) is 11.3 Å². The van der Waals surface area contributed by atoms with Gasteiger partial charge in [0.05, 0.1) is 15.9 Å². The fraction of sp³-hybridized carbons (Fsp3) is 0. The molecule has 128 valence electrons. The van der Waals surface area contributed by atoms with Crippen LogP contribution in [0.2, 0.25) is 0 Å². The third-order valence-electron chi connectivity index (χ3n) is 3.71. The lowest BCUT2D eigenvalue weighted by molar-refractivity contribution is 0.449. The first-order valence-electron chi connectivity index (χ1n) is 7.66. The molecule has 0 saturated heterocycles. The summed E-state index contributed by atoms with van der Waals surface area (Å²) in [6.45, 7) is 0. The first-order chi connectivity index (χ1) is 12.6. The van der Waals surface area contributed by atoms with Crippen LogP contribution >= 0.6 is 23.6 Å². The second-order valence-electron chi connectivity index (χ2n) is 5.46. The van der Waals surface area contributed by atoms with Gasteiger partial charge in [-0.3, -0.25) is 14.8 Å². The molecule has 0 saturated carbocycles. The minimum absolute atomic E-state index is 0.0221. The van der Waals surface area contributed by atoms with Crippen molar-refractivity contribution in [1.82, 2.24) is 15.0 Å². The Morgan fingerprint density at radius 1 is 1.12 bits per heavy atom. The van der Waals surface area contributed by atoms with Crippen LogP contribution in [0.15, 0.2) is 58.3 Å². The minimum Gasteiger partial charge on any atom is -0.494 e. The third-order valence-corrected chi connectivity index (χ3v) is 5.00. The molecule has 0 aliphatic carbocycles. The molecule has 2 aromatic carbocycles. The Labute approximate surface area is 156 Å². The van der Waals surface area contributed by atoms with E-state index < -0.39 is 5.56 Å². The summed E-state index contributed by atoms with van der Waals surface area (Å²) in [7, 11) is 0. The average molecular weight is 380 g/mol. The van der Waals surface area contributed by atoms with Crippen molar-refractivity contribution in [3.05, 3.63) is 69.2 Å². The van der Waals surface area contributed by atoms with Crippen LogP contribution in [0.5, 0.6) is 5.88 Å². The van der Waals surface area contributed by atoms with E-state index in [1.807, 2.05) is 48.5 Å². The molecule has 4 aromatic rings. The zero-order valence-corrected chi connectivity index (χ0v) is 14.9. The number of H-pyrrole nitrogens is 2. The van der Waals surface area contributed by atoms with Gasteiger partial charge in [-0.05, 0) is 48.6 Å². The number of thiazole rings is 1. The van der Waals surface area contributed by atoms with Crippen LogP contribution in [-0.4, -0.2) is 26.3 Å². The standard InChI is InChI=1S/C18H12N4O2S2/c23-15-12(16(24)22-18(25)21-15)9-19-11-7-5-10(6-8-11)17-20-13-3-1-2-4-14(13)26-17/h1-9H,(H3,21,22,23,24,25). The lowest BCUT2D eigenvalue weighted by Gasteiger charge is -1.99. The molecular weight excluding hydrogens is 368 g/mol. The molecule has 0 bridgehead atoms. The summed E-state index contributed by atoms with van der Waals surface area (Å²) in [6.07, 6.45) is 1.30. The topological polar surface area (TPSA) is 94.1 Å². The maximum Gasteiger partial charge on any atom is 0.264 e. The quantitative estimate of drug-likeness (QED) is 0.367. The van der Waals surface area contributed by atoms with E-state index in [0.717, 1.165) is 20.8 Å². The second-order valence-corrected chi connectivity index (χ2v) is 6.90. The Hall–Kier alpha value is -3.10. The molecule has 4 rings (SSSR count).